The molecule has 1 heterocycles. The van der Waals surface area contributed by atoms with Crippen molar-refractivity contribution >= 4 is 21.6 Å². The number of benzene rings is 2. The molecule has 0 aliphatic carbocycles. The van der Waals surface area contributed by atoms with E-state index in [0.29, 0.717) is 6.42 Å². The van der Waals surface area contributed by atoms with Crippen LogP contribution in [0.4, 0.5) is 4.39 Å². The van der Waals surface area contributed by atoms with Gasteiger partial charge < -0.3 is 10.4 Å². The van der Waals surface area contributed by atoms with Crippen LogP contribution in [0.5, 0.6) is 5.75 Å². The summed E-state index contributed by atoms with van der Waals surface area (Å²) in [6.45, 7) is 0. The molecule has 0 aliphatic heterocycles. The summed E-state index contributed by atoms with van der Waals surface area (Å²) in [6, 6.07) is 12.5. The summed E-state index contributed by atoms with van der Waals surface area (Å²) in [5.41, 5.74) is 1.80. The first-order valence-electron chi connectivity index (χ1n) is 6.67. The Balaban J connectivity index is 1.88. The van der Waals surface area contributed by atoms with E-state index in [1.807, 2.05) is 31.3 Å². The molecular weight excluding hydrogens is 287 g/mol. The number of hydrogen-bond donors (Lipinski definition) is 2. The van der Waals surface area contributed by atoms with Crippen LogP contribution in [0.15, 0.2) is 42.5 Å². The Bertz CT molecular complexity index is 739. The van der Waals surface area contributed by atoms with Gasteiger partial charge in [0.15, 0.2) is 11.6 Å². The van der Waals surface area contributed by atoms with E-state index in [2.05, 4.69) is 10.3 Å². The standard InChI is InChI=1S/C16H15FN2OS/c1-18-13(9-10-6-7-14(20)11(17)8-10)16-19-12-4-2-3-5-15(12)21-16/h2-8,13,18,20H,9H2,1H3. The first-order chi connectivity index (χ1) is 10.2. The minimum Gasteiger partial charge on any atom is -0.505 e. The van der Waals surface area contributed by atoms with Crippen molar-refractivity contribution in [2.24, 2.45) is 0 Å². The van der Waals surface area contributed by atoms with Crippen molar-refractivity contribution in [3.63, 3.8) is 0 Å². The van der Waals surface area contributed by atoms with Gasteiger partial charge in [0.1, 0.15) is 5.01 Å². The number of thiazole rings is 1. The Hall–Kier alpha value is -1.98. The van der Waals surface area contributed by atoms with Gasteiger partial charge in [0.2, 0.25) is 0 Å². The highest BCUT2D eigenvalue weighted by molar-refractivity contribution is 7.18. The summed E-state index contributed by atoms with van der Waals surface area (Å²) in [6.07, 6.45) is 0.619. The average molecular weight is 302 g/mol. The highest BCUT2D eigenvalue weighted by Crippen LogP contribution is 2.28. The molecule has 0 saturated heterocycles. The van der Waals surface area contributed by atoms with Crippen LogP contribution < -0.4 is 5.32 Å². The van der Waals surface area contributed by atoms with E-state index in [1.54, 1.807) is 17.4 Å². The maximum absolute atomic E-state index is 13.4. The molecule has 0 saturated carbocycles. The lowest BCUT2D eigenvalue weighted by atomic mass is 10.1. The average Bonchev–Trinajstić information content (AvgIpc) is 2.92. The molecular formula is C16H15FN2OS. The monoisotopic (exact) mass is 302 g/mol. The number of nitrogens with zero attached hydrogens (tertiary/aromatic N) is 1. The van der Waals surface area contributed by atoms with Gasteiger partial charge in [0.05, 0.1) is 16.3 Å². The number of halogens is 1. The van der Waals surface area contributed by atoms with Crippen molar-refractivity contribution < 1.29 is 9.50 Å². The molecule has 21 heavy (non-hydrogen) atoms. The van der Waals surface area contributed by atoms with Gasteiger partial charge in [-0.3, -0.25) is 0 Å². The van der Waals surface area contributed by atoms with Crippen LogP contribution in [0.2, 0.25) is 0 Å². The first-order valence-corrected chi connectivity index (χ1v) is 7.49. The first kappa shape index (κ1) is 14.0. The third-order valence-electron chi connectivity index (χ3n) is 3.41. The molecule has 5 heteroatoms. The van der Waals surface area contributed by atoms with Crippen LogP contribution in [-0.2, 0) is 6.42 Å². The summed E-state index contributed by atoms with van der Waals surface area (Å²) in [7, 11) is 1.87. The number of aromatic nitrogens is 1. The minimum absolute atomic E-state index is 0.0198. The number of hydrogen-bond acceptors (Lipinski definition) is 4. The van der Waals surface area contributed by atoms with Crippen LogP contribution in [-0.4, -0.2) is 17.1 Å². The van der Waals surface area contributed by atoms with Gasteiger partial charge >= 0.3 is 0 Å². The molecule has 1 atom stereocenters. The zero-order chi connectivity index (χ0) is 14.8. The molecule has 3 nitrogen and oxygen atoms in total. The van der Waals surface area contributed by atoms with Crippen molar-refractivity contribution in [3.8, 4) is 5.75 Å². The molecule has 0 fully saturated rings. The topological polar surface area (TPSA) is 45.1 Å². The smallest absolute Gasteiger partial charge is 0.165 e. The highest BCUT2D eigenvalue weighted by atomic mass is 32.1. The van der Waals surface area contributed by atoms with E-state index in [0.717, 1.165) is 20.8 Å². The molecule has 108 valence electrons. The van der Waals surface area contributed by atoms with Gasteiger partial charge in [-0.1, -0.05) is 18.2 Å². The maximum atomic E-state index is 13.4. The quantitative estimate of drug-likeness (QED) is 0.773. The van der Waals surface area contributed by atoms with Crippen LogP contribution in [0.1, 0.15) is 16.6 Å². The molecule has 0 aliphatic rings. The van der Waals surface area contributed by atoms with E-state index in [-0.39, 0.29) is 11.8 Å². The number of aromatic hydroxyl groups is 1. The Morgan fingerprint density at radius 3 is 2.81 bits per heavy atom. The Morgan fingerprint density at radius 1 is 1.29 bits per heavy atom. The summed E-state index contributed by atoms with van der Waals surface area (Å²) in [5.74, 6) is -0.911. The molecule has 3 aromatic rings. The van der Waals surface area contributed by atoms with Crippen LogP contribution in [0, 0.1) is 5.82 Å². The largest absolute Gasteiger partial charge is 0.505 e. The van der Waals surface area contributed by atoms with Crippen LogP contribution in [0.3, 0.4) is 0 Å². The number of fused-ring (bicyclic) bond motifs is 1. The fraction of sp³-hybridized carbons (Fsp3) is 0.188. The highest BCUT2D eigenvalue weighted by Gasteiger charge is 2.16. The number of para-hydroxylation sites is 1. The third-order valence-corrected chi connectivity index (χ3v) is 4.56. The SMILES string of the molecule is CNC(Cc1ccc(O)c(F)c1)c1nc2ccccc2s1. The molecule has 1 unspecified atom stereocenters. The van der Waals surface area contributed by atoms with Gasteiger partial charge in [0, 0.05) is 0 Å². The lowest BCUT2D eigenvalue weighted by molar-refractivity contribution is 0.431. The maximum Gasteiger partial charge on any atom is 0.165 e. The molecule has 0 bridgehead atoms. The second-order valence-corrected chi connectivity index (χ2v) is 5.91. The van der Waals surface area contributed by atoms with Gasteiger partial charge in [-0.15, -0.1) is 11.3 Å². The van der Waals surface area contributed by atoms with Gasteiger partial charge in [0.25, 0.3) is 0 Å². The molecule has 0 amide bonds. The van der Waals surface area contributed by atoms with E-state index >= 15 is 0 Å². The Kier molecular flexibility index (Phi) is 3.86. The van der Waals surface area contributed by atoms with Gasteiger partial charge in [-0.2, -0.15) is 0 Å². The van der Waals surface area contributed by atoms with Gasteiger partial charge in [-0.25, -0.2) is 9.37 Å². The number of phenolic OH excluding ortho intramolecular Hbond substituents is 1. The minimum atomic E-state index is -0.591. The summed E-state index contributed by atoms with van der Waals surface area (Å²) in [4.78, 5) is 4.63. The summed E-state index contributed by atoms with van der Waals surface area (Å²) in [5, 5.41) is 13.5. The van der Waals surface area contributed by atoms with Crippen molar-refractivity contribution in [1.29, 1.82) is 0 Å². The number of nitrogens with one attached hydrogen (secondary N) is 1. The predicted octanol–water partition coefficient (Wildman–Crippen LogP) is 3.64. The van der Waals surface area contributed by atoms with E-state index in [1.165, 1.54) is 12.1 Å². The summed E-state index contributed by atoms with van der Waals surface area (Å²) < 4.78 is 14.6. The molecule has 0 radical (unpaired) electrons. The van der Waals surface area contributed by atoms with Crippen molar-refractivity contribution in [2.45, 2.75) is 12.5 Å². The fourth-order valence-corrected chi connectivity index (χ4v) is 3.34. The van der Waals surface area contributed by atoms with E-state index in [4.69, 9.17) is 0 Å². The lowest BCUT2D eigenvalue weighted by Crippen LogP contribution is -2.18. The van der Waals surface area contributed by atoms with Crippen molar-refractivity contribution in [3.05, 3.63) is 58.9 Å². The zero-order valence-corrected chi connectivity index (χ0v) is 12.3. The van der Waals surface area contributed by atoms with Crippen LogP contribution >= 0.6 is 11.3 Å². The molecule has 3 rings (SSSR count). The molecule has 2 N–H and O–H groups in total. The fourth-order valence-electron chi connectivity index (χ4n) is 2.27. The summed E-state index contributed by atoms with van der Waals surface area (Å²) >= 11 is 1.64. The van der Waals surface area contributed by atoms with Crippen LogP contribution in [0.25, 0.3) is 10.2 Å². The van der Waals surface area contributed by atoms with Crippen molar-refractivity contribution in [2.75, 3.05) is 7.05 Å². The number of phenols is 1. The van der Waals surface area contributed by atoms with Crippen molar-refractivity contribution in [1.82, 2.24) is 10.3 Å². The second-order valence-electron chi connectivity index (χ2n) is 4.85. The predicted molar refractivity (Wildman–Crippen MR) is 83.2 cm³/mol. The zero-order valence-electron chi connectivity index (χ0n) is 11.5. The van der Waals surface area contributed by atoms with Gasteiger partial charge in [-0.05, 0) is 43.3 Å². The normalized spacial score (nSPS) is 12.7. The second kappa shape index (κ2) is 5.79. The molecule has 1 aromatic heterocycles. The Morgan fingerprint density at radius 2 is 2.10 bits per heavy atom. The number of likely N-dealkylation sites (N-methyl/N-ethyl adjacent to an activating group) is 1. The number of rotatable bonds is 4. The van der Waals surface area contributed by atoms with E-state index < -0.39 is 5.82 Å². The third kappa shape index (κ3) is 2.89. The lowest BCUT2D eigenvalue weighted by Gasteiger charge is -2.13. The van der Waals surface area contributed by atoms with E-state index in [9.17, 15) is 9.50 Å². The molecule has 2 aromatic carbocycles. The Labute approximate surface area is 126 Å². The molecule has 0 spiro atoms.